The maximum atomic E-state index is 13.1. The number of non-ortho nitro benzene ring substituents is 1. The number of nitro groups is 1. The van der Waals surface area contributed by atoms with Gasteiger partial charge in [-0.2, -0.15) is 0 Å². The molecule has 1 aliphatic heterocycles. The van der Waals surface area contributed by atoms with Crippen LogP contribution in [0, 0.1) is 10.1 Å². The molecule has 2 N–H and O–H groups in total. The molecule has 2 heterocycles. The van der Waals surface area contributed by atoms with Gasteiger partial charge in [-0.05, 0) is 36.2 Å². The maximum absolute atomic E-state index is 13.1. The maximum Gasteiger partial charge on any atom is 0.269 e. The minimum atomic E-state index is -0.787. The van der Waals surface area contributed by atoms with E-state index in [1.807, 2.05) is 67.6 Å². The molecule has 0 saturated heterocycles. The first-order chi connectivity index (χ1) is 17.0. The molecule has 1 aliphatic rings. The van der Waals surface area contributed by atoms with Gasteiger partial charge in [0, 0.05) is 29.0 Å². The summed E-state index contributed by atoms with van der Waals surface area (Å²) in [4.78, 5) is 36.2. The fourth-order valence-corrected chi connectivity index (χ4v) is 4.30. The predicted octanol–water partition coefficient (Wildman–Crippen LogP) is 5.63. The van der Waals surface area contributed by atoms with Gasteiger partial charge in [0.25, 0.3) is 5.69 Å². The first-order valence-electron chi connectivity index (χ1n) is 11.0. The van der Waals surface area contributed by atoms with Crippen LogP contribution < -0.4 is 5.32 Å². The molecule has 0 aliphatic carbocycles. The number of nitro benzene ring substituents is 1. The summed E-state index contributed by atoms with van der Waals surface area (Å²) in [6.07, 6.45) is 5.38. The van der Waals surface area contributed by atoms with E-state index in [0.29, 0.717) is 22.6 Å². The molecule has 8 heteroatoms. The van der Waals surface area contributed by atoms with Gasteiger partial charge in [-0.15, -0.1) is 0 Å². The number of rotatable bonds is 6. The van der Waals surface area contributed by atoms with Crippen molar-refractivity contribution in [1.82, 2.24) is 9.97 Å². The van der Waals surface area contributed by atoms with Gasteiger partial charge in [0.05, 0.1) is 34.5 Å². The second kappa shape index (κ2) is 9.18. The van der Waals surface area contributed by atoms with Gasteiger partial charge >= 0.3 is 0 Å². The lowest BCUT2D eigenvalue weighted by Gasteiger charge is -2.14. The zero-order valence-electron chi connectivity index (χ0n) is 18.8. The third kappa shape index (κ3) is 4.24. The highest BCUT2D eigenvalue weighted by Crippen LogP contribution is 2.38. The molecule has 0 bridgehead atoms. The van der Waals surface area contributed by atoms with Crippen molar-refractivity contribution in [3.63, 3.8) is 0 Å². The number of fused-ring (bicyclic) bond motifs is 1. The van der Waals surface area contributed by atoms with Crippen LogP contribution in [0.1, 0.15) is 35.2 Å². The lowest BCUT2D eigenvalue weighted by Crippen LogP contribution is -2.22. The van der Waals surface area contributed by atoms with E-state index in [4.69, 9.17) is 4.99 Å². The van der Waals surface area contributed by atoms with Crippen LogP contribution in [0.4, 0.5) is 17.1 Å². The van der Waals surface area contributed by atoms with E-state index in [9.17, 15) is 14.9 Å². The summed E-state index contributed by atoms with van der Waals surface area (Å²) in [5, 5.41) is 14.2. The number of H-pyrrole nitrogens is 1. The Balaban J connectivity index is 1.64. The number of anilines is 1. The highest BCUT2D eigenvalue weighted by atomic mass is 16.6. The Morgan fingerprint density at radius 1 is 1.06 bits per heavy atom. The fourth-order valence-electron chi connectivity index (χ4n) is 4.30. The van der Waals surface area contributed by atoms with Crippen LogP contribution in [0.3, 0.4) is 0 Å². The molecule has 172 valence electrons. The van der Waals surface area contributed by atoms with Gasteiger partial charge in [0.1, 0.15) is 5.92 Å². The number of hydrogen-bond acceptors (Lipinski definition) is 5. The van der Waals surface area contributed by atoms with E-state index in [0.717, 1.165) is 22.4 Å². The van der Waals surface area contributed by atoms with Gasteiger partial charge in [0.2, 0.25) is 5.91 Å². The monoisotopic (exact) mass is 463 g/mol. The number of nitrogens with one attached hydrogen (secondary N) is 2. The van der Waals surface area contributed by atoms with Crippen molar-refractivity contribution in [2.24, 2.45) is 4.99 Å². The molecule has 35 heavy (non-hydrogen) atoms. The van der Waals surface area contributed by atoms with Gasteiger partial charge in [-0.1, -0.05) is 48.5 Å². The van der Waals surface area contributed by atoms with Crippen LogP contribution in [-0.2, 0) is 4.79 Å². The van der Waals surface area contributed by atoms with Crippen molar-refractivity contribution in [3.05, 3.63) is 124 Å². The summed E-state index contributed by atoms with van der Waals surface area (Å²) in [6.45, 7) is 1.95. The Bertz CT molecular complexity index is 1470. The van der Waals surface area contributed by atoms with Crippen LogP contribution in [0.2, 0.25) is 0 Å². The largest absolute Gasteiger partial charge is 0.345 e. The SMILES string of the molecule is CC=C(c1cccc(N=C(c2ccccc2)C2C(=O)Nc3ccc([N+](=O)[O-])cc32)c1)c1cnc[nH]1. The van der Waals surface area contributed by atoms with Crippen molar-refractivity contribution >= 4 is 34.3 Å². The number of aromatic amines is 1. The summed E-state index contributed by atoms with van der Waals surface area (Å²) in [6, 6.07) is 21.5. The van der Waals surface area contributed by atoms with Crippen molar-refractivity contribution in [2.75, 3.05) is 5.32 Å². The molecular weight excluding hydrogens is 442 g/mol. The lowest BCUT2D eigenvalue weighted by atomic mass is 9.90. The molecule has 1 aromatic heterocycles. The normalized spacial score (nSPS) is 15.6. The molecular formula is C27H21N5O3. The van der Waals surface area contributed by atoms with E-state index in [-0.39, 0.29) is 11.6 Å². The van der Waals surface area contributed by atoms with E-state index in [2.05, 4.69) is 15.3 Å². The molecule has 0 spiro atoms. The molecule has 1 amide bonds. The molecule has 1 atom stereocenters. The number of aromatic nitrogens is 2. The molecule has 3 aromatic carbocycles. The smallest absolute Gasteiger partial charge is 0.269 e. The highest BCUT2D eigenvalue weighted by molar-refractivity contribution is 6.24. The number of aliphatic imine (C=N–C) groups is 1. The van der Waals surface area contributed by atoms with E-state index < -0.39 is 10.8 Å². The summed E-state index contributed by atoms with van der Waals surface area (Å²) >= 11 is 0. The number of carbonyl (C=O) groups excluding carboxylic acids is 1. The van der Waals surface area contributed by atoms with E-state index in [1.54, 1.807) is 18.6 Å². The van der Waals surface area contributed by atoms with Crippen molar-refractivity contribution < 1.29 is 9.72 Å². The highest BCUT2D eigenvalue weighted by Gasteiger charge is 2.36. The fraction of sp³-hybridized carbons (Fsp3) is 0.0741. The minimum Gasteiger partial charge on any atom is -0.345 e. The number of carbonyl (C=O) groups is 1. The Morgan fingerprint density at radius 2 is 1.86 bits per heavy atom. The lowest BCUT2D eigenvalue weighted by molar-refractivity contribution is -0.384. The second-order valence-electron chi connectivity index (χ2n) is 8.03. The Hall–Kier alpha value is -4.85. The van der Waals surface area contributed by atoms with Crippen LogP contribution in [-0.4, -0.2) is 26.5 Å². The molecule has 1 unspecified atom stereocenters. The molecule has 0 fully saturated rings. The van der Waals surface area contributed by atoms with E-state index >= 15 is 0 Å². The van der Waals surface area contributed by atoms with Crippen molar-refractivity contribution in [2.45, 2.75) is 12.8 Å². The molecule has 0 radical (unpaired) electrons. The minimum absolute atomic E-state index is 0.0723. The zero-order valence-corrected chi connectivity index (χ0v) is 18.8. The number of benzene rings is 3. The van der Waals surface area contributed by atoms with Gasteiger partial charge in [-0.25, -0.2) is 4.98 Å². The molecule has 8 nitrogen and oxygen atoms in total. The predicted molar refractivity (Wildman–Crippen MR) is 135 cm³/mol. The average molecular weight is 463 g/mol. The Labute approximate surface area is 201 Å². The number of imidazole rings is 1. The van der Waals surface area contributed by atoms with Gasteiger partial charge in [0.15, 0.2) is 0 Å². The molecule has 0 saturated carbocycles. The number of amides is 1. The summed E-state index contributed by atoms with van der Waals surface area (Å²) in [5.74, 6) is -1.06. The topological polar surface area (TPSA) is 113 Å². The molecule has 4 aromatic rings. The van der Waals surface area contributed by atoms with E-state index in [1.165, 1.54) is 12.1 Å². The van der Waals surface area contributed by atoms with Crippen LogP contribution in [0.25, 0.3) is 5.57 Å². The Kier molecular flexibility index (Phi) is 5.76. The standard InChI is InChI=1S/C27H21N5O3/c1-2-21(24-15-28-16-29-24)18-9-6-10-19(13-18)30-26(17-7-4-3-5-8-17)25-22-14-20(32(34)35)11-12-23(22)31-27(25)33/h2-16,25H,1H3,(H,28,29)(H,31,33). The van der Waals surface area contributed by atoms with Crippen molar-refractivity contribution in [1.29, 1.82) is 0 Å². The summed E-state index contributed by atoms with van der Waals surface area (Å²) in [5.41, 5.74) is 5.75. The average Bonchev–Trinajstić information content (AvgIpc) is 3.51. The van der Waals surface area contributed by atoms with Crippen LogP contribution in [0.15, 0.2) is 96.4 Å². The number of allylic oxidation sites excluding steroid dienone is 1. The number of nitrogens with zero attached hydrogens (tertiary/aromatic N) is 3. The first kappa shape index (κ1) is 22.0. The van der Waals surface area contributed by atoms with Gasteiger partial charge < -0.3 is 10.3 Å². The molecule has 5 rings (SSSR count). The van der Waals surface area contributed by atoms with Gasteiger partial charge in [-0.3, -0.25) is 19.9 Å². The zero-order chi connectivity index (χ0) is 24.4. The van der Waals surface area contributed by atoms with Crippen LogP contribution in [0.5, 0.6) is 0 Å². The third-order valence-electron chi connectivity index (χ3n) is 5.90. The summed E-state index contributed by atoms with van der Waals surface area (Å²) < 4.78 is 0. The van der Waals surface area contributed by atoms with Crippen LogP contribution >= 0.6 is 0 Å². The first-order valence-corrected chi connectivity index (χ1v) is 11.0. The second-order valence-corrected chi connectivity index (χ2v) is 8.03. The summed E-state index contributed by atoms with van der Waals surface area (Å²) in [7, 11) is 0. The number of hydrogen-bond donors (Lipinski definition) is 2. The quantitative estimate of drug-likeness (QED) is 0.219. The van der Waals surface area contributed by atoms with Crippen molar-refractivity contribution in [3.8, 4) is 0 Å². The Morgan fingerprint density at radius 3 is 2.57 bits per heavy atom. The third-order valence-corrected chi connectivity index (χ3v) is 5.90.